The first-order valence-electron chi connectivity index (χ1n) is 5.73. The molecule has 0 spiro atoms. The molecule has 1 fully saturated rings. The minimum atomic E-state index is -0.238. The number of hydrogen-bond donors (Lipinski definition) is 2. The molecule has 3 N–H and O–H groups in total. The van der Waals surface area contributed by atoms with Gasteiger partial charge in [-0.3, -0.25) is 9.59 Å². The molecule has 0 saturated carbocycles. The van der Waals surface area contributed by atoms with Gasteiger partial charge in [-0.2, -0.15) is 0 Å². The van der Waals surface area contributed by atoms with Gasteiger partial charge in [0.05, 0.1) is 6.33 Å². The van der Waals surface area contributed by atoms with E-state index in [0.717, 1.165) is 25.9 Å². The molecule has 6 nitrogen and oxygen atoms in total. The van der Waals surface area contributed by atoms with Crippen molar-refractivity contribution < 1.29 is 4.79 Å². The molecule has 0 unspecified atom stereocenters. The van der Waals surface area contributed by atoms with Crippen LogP contribution in [0, 0.1) is 5.92 Å². The van der Waals surface area contributed by atoms with E-state index in [2.05, 4.69) is 14.9 Å². The van der Waals surface area contributed by atoms with Gasteiger partial charge in [0, 0.05) is 25.6 Å². The van der Waals surface area contributed by atoms with Crippen LogP contribution >= 0.6 is 0 Å². The summed E-state index contributed by atoms with van der Waals surface area (Å²) in [7, 11) is 0. The Morgan fingerprint density at radius 2 is 2.24 bits per heavy atom. The summed E-state index contributed by atoms with van der Waals surface area (Å²) < 4.78 is 0. The largest absolute Gasteiger partial charge is 0.370 e. The Kier molecular flexibility index (Phi) is 3.41. The third kappa shape index (κ3) is 3.05. The molecular weight excluding hydrogens is 220 g/mol. The topological polar surface area (TPSA) is 92.1 Å². The van der Waals surface area contributed by atoms with Crippen molar-refractivity contribution in [1.82, 2.24) is 9.97 Å². The number of anilines is 1. The van der Waals surface area contributed by atoms with Crippen molar-refractivity contribution in [3.8, 4) is 0 Å². The van der Waals surface area contributed by atoms with Gasteiger partial charge in [-0.1, -0.05) is 0 Å². The van der Waals surface area contributed by atoms with Gasteiger partial charge in [-0.25, -0.2) is 4.98 Å². The Morgan fingerprint density at radius 3 is 2.82 bits per heavy atom. The minimum Gasteiger partial charge on any atom is -0.370 e. The SMILES string of the molecule is NC(=O)CC1CCN(c2cc(=O)[nH]cn2)CC1. The van der Waals surface area contributed by atoms with E-state index in [1.807, 2.05) is 0 Å². The number of primary amides is 1. The van der Waals surface area contributed by atoms with Crippen molar-refractivity contribution in [3.63, 3.8) is 0 Å². The highest BCUT2D eigenvalue weighted by Crippen LogP contribution is 2.22. The quantitative estimate of drug-likeness (QED) is 0.764. The first-order chi connectivity index (χ1) is 8.15. The normalized spacial score (nSPS) is 17.1. The number of hydrogen-bond acceptors (Lipinski definition) is 4. The van der Waals surface area contributed by atoms with Crippen LogP contribution in [-0.4, -0.2) is 29.0 Å². The van der Waals surface area contributed by atoms with E-state index in [9.17, 15) is 9.59 Å². The van der Waals surface area contributed by atoms with Crippen LogP contribution in [0.15, 0.2) is 17.2 Å². The second-order valence-corrected chi connectivity index (χ2v) is 4.37. The van der Waals surface area contributed by atoms with Gasteiger partial charge < -0.3 is 15.6 Å². The van der Waals surface area contributed by atoms with E-state index in [-0.39, 0.29) is 11.5 Å². The molecule has 1 saturated heterocycles. The average molecular weight is 236 g/mol. The number of piperidine rings is 1. The Hall–Kier alpha value is -1.85. The molecule has 1 aliphatic rings. The Bertz CT molecular complexity index is 449. The number of aromatic nitrogens is 2. The second kappa shape index (κ2) is 4.99. The van der Waals surface area contributed by atoms with Crippen molar-refractivity contribution in [1.29, 1.82) is 0 Å². The molecule has 1 aliphatic heterocycles. The predicted octanol–water partition coefficient (Wildman–Crippen LogP) is -0.138. The summed E-state index contributed by atoms with van der Waals surface area (Å²) in [5, 5.41) is 0. The van der Waals surface area contributed by atoms with Crippen LogP contribution in [0.2, 0.25) is 0 Å². The standard InChI is InChI=1S/C11H16N4O2/c12-9(16)5-8-1-3-15(4-2-8)10-6-11(17)14-7-13-10/h6-8H,1-5H2,(H2,12,16)(H,13,14,17). The molecule has 1 aromatic rings. The molecule has 1 amide bonds. The Balaban J connectivity index is 1.95. The number of nitrogens with one attached hydrogen (secondary N) is 1. The van der Waals surface area contributed by atoms with Crippen molar-refractivity contribution in [3.05, 3.63) is 22.7 Å². The zero-order valence-corrected chi connectivity index (χ0v) is 9.56. The molecule has 0 aliphatic carbocycles. The smallest absolute Gasteiger partial charge is 0.252 e. The van der Waals surface area contributed by atoms with Crippen LogP contribution < -0.4 is 16.2 Å². The lowest BCUT2D eigenvalue weighted by molar-refractivity contribution is -0.119. The number of nitrogens with two attached hydrogens (primary N) is 1. The van der Waals surface area contributed by atoms with Gasteiger partial charge in [0.1, 0.15) is 5.82 Å². The molecule has 0 aromatic carbocycles. The van der Waals surface area contributed by atoms with E-state index >= 15 is 0 Å². The van der Waals surface area contributed by atoms with Crippen LogP contribution in [0.3, 0.4) is 0 Å². The fraction of sp³-hybridized carbons (Fsp3) is 0.545. The first kappa shape index (κ1) is 11.6. The van der Waals surface area contributed by atoms with Crippen LogP contribution in [0.25, 0.3) is 0 Å². The fourth-order valence-electron chi connectivity index (χ4n) is 2.18. The molecule has 17 heavy (non-hydrogen) atoms. The first-order valence-corrected chi connectivity index (χ1v) is 5.73. The van der Waals surface area contributed by atoms with E-state index in [1.54, 1.807) is 0 Å². The zero-order valence-electron chi connectivity index (χ0n) is 9.56. The van der Waals surface area contributed by atoms with Crippen LogP contribution in [0.4, 0.5) is 5.82 Å². The summed E-state index contributed by atoms with van der Waals surface area (Å²) in [5.74, 6) is 0.828. The molecule has 0 bridgehead atoms. The highest BCUT2D eigenvalue weighted by molar-refractivity contribution is 5.74. The monoisotopic (exact) mass is 236 g/mol. The maximum absolute atomic E-state index is 11.2. The van der Waals surface area contributed by atoms with E-state index in [0.29, 0.717) is 18.2 Å². The highest BCUT2D eigenvalue weighted by Gasteiger charge is 2.21. The lowest BCUT2D eigenvalue weighted by Gasteiger charge is -2.32. The molecule has 2 rings (SSSR count). The van der Waals surface area contributed by atoms with E-state index in [4.69, 9.17) is 5.73 Å². The Morgan fingerprint density at radius 1 is 1.53 bits per heavy atom. The maximum Gasteiger partial charge on any atom is 0.252 e. The van der Waals surface area contributed by atoms with Gasteiger partial charge >= 0.3 is 0 Å². The summed E-state index contributed by atoms with van der Waals surface area (Å²) in [6.45, 7) is 1.63. The van der Waals surface area contributed by atoms with Gasteiger partial charge in [-0.15, -0.1) is 0 Å². The lowest BCUT2D eigenvalue weighted by atomic mass is 9.93. The van der Waals surface area contributed by atoms with E-state index in [1.165, 1.54) is 12.4 Å². The number of H-pyrrole nitrogens is 1. The predicted molar refractivity (Wildman–Crippen MR) is 63.6 cm³/mol. The summed E-state index contributed by atoms with van der Waals surface area (Å²) in [4.78, 5) is 30.7. The van der Waals surface area contributed by atoms with Crippen molar-refractivity contribution in [2.45, 2.75) is 19.3 Å². The molecule has 92 valence electrons. The fourth-order valence-corrected chi connectivity index (χ4v) is 2.18. The summed E-state index contributed by atoms with van der Waals surface area (Å²) in [5.41, 5.74) is 5.03. The van der Waals surface area contributed by atoms with E-state index < -0.39 is 0 Å². The number of nitrogens with zero attached hydrogens (tertiary/aromatic N) is 2. The molecular formula is C11H16N4O2. The van der Waals surface area contributed by atoms with Gasteiger partial charge in [0.15, 0.2) is 0 Å². The third-order valence-electron chi connectivity index (χ3n) is 3.09. The lowest BCUT2D eigenvalue weighted by Crippen LogP contribution is -2.36. The summed E-state index contributed by atoms with van der Waals surface area (Å²) in [6, 6.07) is 1.49. The average Bonchev–Trinajstić information content (AvgIpc) is 2.29. The zero-order chi connectivity index (χ0) is 12.3. The molecule has 0 radical (unpaired) electrons. The highest BCUT2D eigenvalue weighted by atomic mass is 16.1. The molecule has 2 heterocycles. The molecule has 0 atom stereocenters. The molecule has 1 aromatic heterocycles. The van der Waals surface area contributed by atoms with Crippen molar-refractivity contribution in [2.75, 3.05) is 18.0 Å². The summed E-state index contributed by atoms with van der Waals surface area (Å²) >= 11 is 0. The van der Waals surface area contributed by atoms with Gasteiger partial charge in [0.25, 0.3) is 5.56 Å². The van der Waals surface area contributed by atoms with Gasteiger partial charge in [-0.05, 0) is 18.8 Å². The number of carbonyl (C=O) groups excluding carboxylic acids is 1. The Labute approximate surface area is 98.8 Å². The van der Waals surface area contributed by atoms with Crippen LogP contribution in [-0.2, 0) is 4.79 Å². The number of aromatic amines is 1. The minimum absolute atomic E-state index is 0.144. The summed E-state index contributed by atoms with van der Waals surface area (Å²) in [6.07, 6.45) is 3.69. The van der Waals surface area contributed by atoms with Crippen molar-refractivity contribution >= 4 is 11.7 Å². The number of rotatable bonds is 3. The molecule has 6 heteroatoms. The van der Waals surface area contributed by atoms with Gasteiger partial charge in [0.2, 0.25) is 5.91 Å². The van der Waals surface area contributed by atoms with Crippen LogP contribution in [0.1, 0.15) is 19.3 Å². The maximum atomic E-state index is 11.2. The number of carbonyl (C=O) groups is 1. The van der Waals surface area contributed by atoms with Crippen LogP contribution in [0.5, 0.6) is 0 Å². The third-order valence-corrected chi connectivity index (χ3v) is 3.09. The number of amides is 1. The second-order valence-electron chi connectivity index (χ2n) is 4.37. The van der Waals surface area contributed by atoms with Crippen molar-refractivity contribution in [2.24, 2.45) is 11.7 Å².